The van der Waals surface area contributed by atoms with Crippen LogP contribution in [0.4, 0.5) is 13.2 Å². The zero-order valence-electron chi connectivity index (χ0n) is 15.7. The van der Waals surface area contributed by atoms with E-state index in [4.69, 9.17) is 9.47 Å². The molecule has 1 amide bonds. The number of carbonyl (C=O) groups excluding carboxylic acids is 1. The quantitative estimate of drug-likeness (QED) is 0.813. The minimum absolute atomic E-state index is 0.130. The number of hydrogen-bond donors (Lipinski definition) is 1. The molecule has 0 saturated carbocycles. The van der Waals surface area contributed by atoms with Gasteiger partial charge in [0.25, 0.3) is 5.91 Å². The van der Waals surface area contributed by atoms with Crippen molar-refractivity contribution < 1.29 is 27.4 Å². The fourth-order valence-electron chi connectivity index (χ4n) is 3.52. The van der Waals surface area contributed by atoms with E-state index >= 15 is 0 Å². The summed E-state index contributed by atoms with van der Waals surface area (Å²) in [6.45, 7) is 0.285. The maximum absolute atomic E-state index is 13.3. The number of nitrogens with zero attached hydrogens (tertiary/aromatic N) is 2. The lowest BCUT2D eigenvalue weighted by Crippen LogP contribution is -2.29. The number of ether oxygens (including phenoxy) is 2. The van der Waals surface area contributed by atoms with E-state index in [1.54, 1.807) is 18.2 Å². The molecule has 0 atom stereocenters. The highest BCUT2D eigenvalue weighted by Crippen LogP contribution is 2.35. The van der Waals surface area contributed by atoms with Gasteiger partial charge in [0, 0.05) is 17.8 Å². The Labute approximate surface area is 160 Å². The first kappa shape index (κ1) is 20.0. The Bertz CT molecular complexity index is 840. The van der Waals surface area contributed by atoms with Crippen molar-refractivity contribution in [1.29, 1.82) is 0 Å². The van der Waals surface area contributed by atoms with Gasteiger partial charge >= 0.3 is 6.18 Å². The van der Waals surface area contributed by atoms with Crippen molar-refractivity contribution in [2.45, 2.75) is 38.4 Å². The summed E-state index contributed by atoms with van der Waals surface area (Å²) in [5, 5.41) is 6.50. The first-order valence-corrected chi connectivity index (χ1v) is 9.01. The second-order valence-electron chi connectivity index (χ2n) is 6.50. The van der Waals surface area contributed by atoms with E-state index in [0.29, 0.717) is 30.0 Å². The molecule has 1 aliphatic carbocycles. The Morgan fingerprint density at radius 3 is 2.43 bits per heavy atom. The van der Waals surface area contributed by atoms with Crippen molar-refractivity contribution in [1.82, 2.24) is 15.1 Å². The molecule has 0 unspecified atom stereocenters. The fraction of sp³-hybridized carbons (Fsp3) is 0.474. The smallest absolute Gasteiger partial charge is 0.435 e. The Morgan fingerprint density at radius 1 is 1.18 bits per heavy atom. The van der Waals surface area contributed by atoms with E-state index in [2.05, 4.69) is 10.4 Å². The summed E-state index contributed by atoms with van der Waals surface area (Å²) in [6, 6.07) is 4.97. The molecule has 1 aliphatic rings. The Morgan fingerprint density at radius 2 is 1.82 bits per heavy atom. The van der Waals surface area contributed by atoms with Crippen LogP contribution in [0.1, 0.15) is 40.2 Å². The molecule has 9 heteroatoms. The number of alkyl halides is 3. The molecule has 0 saturated heterocycles. The summed E-state index contributed by atoms with van der Waals surface area (Å²) in [4.78, 5) is 12.6. The van der Waals surface area contributed by atoms with E-state index in [9.17, 15) is 18.0 Å². The predicted molar refractivity (Wildman–Crippen MR) is 95.8 cm³/mol. The highest BCUT2D eigenvalue weighted by molar-refractivity contribution is 5.99. The largest absolute Gasteiger partial charge is 0.496 e. The Hall–Kier alpha value is -2.71. The average molecular weight is 397 g/mol. The summed E-state index contributed by atoms with van der Waals surface area (Å²) < 4.78 is 51.5. The first-order chi connectivity index (χ1) is 13.4. The molecule has 1 N–H and O–H groups in total. The van der Waals surface area contributed by atoms with E-state index in [1.165, 1.54) is 18.9 Å². The van der Waals surface area contributed by atoms with Gasteiger partial charge in [-0.2, -0.15) is 18.3 Å². The van der Waals surface area contributed by atoms with Crippen LogP contribution >= 0.6 is 0 Å². The Balaban J connectivity index is 1.74. The molecule has 3 rings (SSSR count). The van der Waals surface area contributed by atoms with E-state index in [1.807, 2.05) is 0 Å². The monoisotopic (exact) mass is 397 g/mol. The summed E-state index contributed by atoms with van der Waals surface area (Å²) in [5.74, 6) is 0.284. The van der Waals surface area contributed by atoms with Crippen LogP contribution in [0.15, 0.2) is 18.2 Å². The van der Waals surface area contributed by atoms with E-state index in [0.717, 1.165) is 12.8 Å². The topological polar surface area (TPSA) is 65.4 Å². The van der Waals surface area contributed by atoms with Gasteiger partial charge in [-0.15, -0.1) is 0 Å². The highest BCUT2D eigenvalue weighted by atomic mass is 19.4. The number of fused-ring (bicyclic) bond motifs is 1. The molecule has 1 aromatic carbocycles. The molecule has 152 valence electrons. The number of methoxy groups -OCH3 is 2. The van der Waals surface area contributed by atoms with E-state index in [-0.39, 0.29) is 24.2 Å². The van der Waals surface area contributed by atoms with Gasteiger partial charge in [-0.1, -0.05) is 6.07 Å². The number of amides is 1. The van der Waals surface area contributed by atoms with Gasteiger partial charge in [0.1, 0.15) is 17.1 Å². The summed E-state index contributed by atoms with van der Waals surface area (Å²) in [5.41, 5.74) is 0.338. The number of halogens is 3. The van der Waals surface area contributed by atoms with Gasteiger partial charge in [0.15, 0.2) is 5.69 Å². The standard InChI is InChI=1S/C19H22F3N3O3/c1-27-14-8-5-9-15(28-2)16(14)18(26)23-10-11-25-13-7-4-3-6-12(13)17(24-25)19(20,21)22/h5,8-9H,3-4,6-7,10-11H2,1-2H3,(H,23,26). The summed E-state index contributed by atoms with van der Waals surface area (Å²) in [7, 11) is 2.89. The predicted octanol–water partition coefficient (Wildman–Crippen LogP) is 3.23. The third kappa shape index (κ3) is 3.93. The van der Waals surface area contributed by atoms with Crippen LogP contribution in [0.5, 0.6) is 11.5 Å². The van der Waals surface area contributed by atoms with Crippen molar-refractivity contribution in [3.05, 3.63) is 40.7 Å². The zero-order valence-corrected chi connectivity index (χ0v) is 15.7. The number of benzene rings is 1. The van der Waals surface area contributed by atoms with Crippen LogP contribution in [0.25, 0.3) is 0 Å². The third-order valence-electron chi connectivity index (χ3n) is 4.79. The van der Waals surface area contributed by atoms with Gasteiger partial charge in [0.2, 0.25) is 0 Å². The molecule has 28 heavy (non-hydrogen) atoms. The van der Waals surface area contributed by atoms with Crippen molar-refractivity contribution >= 4 is 5.91 Å². The van der Waals surface area contributed by atoms with Crippen LogP contribution in [0, 0.1) is 0 Å². The van der Waals surface area contributed by atoms with Crippen molar-refractivity contribution in [3.63, 3.8) is 0 Å². The average Bonchev–Trinajstić information content (AvgIpc) is 3.06. The normalized spacial score (nSPS) is 13.8. The molecular formula is C19H22F3N3O3. The van der Waals surface area contributed by atoms with Gasteiger partial charge in [0.05, 0.1) is 20.8 Å². The van der Waals surface area contributed by atoms with Crippen molar-refractivity contribution in [2.75, 3.05) is 20.8 Å². The maximum Gasteiger partial charge on any atom is 0.435 e. The van der Waals surface area contributed by atoms with Gasteiger partial charge in [-0.3, -0.25) is 9.48 Å². The SMILES string of the molecule is COc1cccc(OC)c1C(=O)NCCn1nc(C(F)(F)F)c2c1CCCC2. The van der Waals surface area contributed by atoms with E-state index < -0.39 is 17.8 Å². The molecule has 0 bridgehead atoms. The van der Waals surface area contributed by atoms with Crippen molar-refractivity contribution in [3.8, 4) is 11.5 Å². The lowest BCUT2D eigenvalue weighted by molar-refractivity contribution is -0.142. The number of carbonyl (C=O) groups is 1. The zero-order chi connectivity index (χ0) is 20.3. The number of rotatable bonds is 6. The molecular weight excluding hydrogens is 375 g/mol. The lowest BCUT2D eigenvalue weighted by atomic mass is 9.95. The molecule has 2 aromatic rings. The number of nitrogens with one attached hydrogen (secondary N) is 1. The molecule has 0 fully saturated rings. The van der Waals surface area contributed by atoms with Crippen molar-refractivity contribution in [2.24, 2.45) is 0 Å². The van der Waals surface area contributed by atoms with Crippen LogP contribution in [0.2, 0.25) is 0 Å². The fourth-order valence-corrected chi connectivity index (χ4v) is 3.52. The molecule has 1 heterocycles. The first-order valence-electron chi connectivity index (χ1n) is 9.01. The summed E-state index contributed by atoms with van der Waals surface area (Å²) in [6.07, 6.45) is -1.96. The van der Waals surface area contributed by atoms with Crippen LogP contribution in [-0.4, -0.2) is 36.5 Å². The minimum atomic E-state index is -4.47. The van der Waals surface area contributed by atoms with Gasteiger partial charge < -0.3 is 14.8 Å². The van der Waals surface area contributed by atoms with Gasteiger partial charge in [-0.25, -0.2) is 0 Å². The minimum Gasteiger partial charge on any atom is -0.496 e. The second kappa shape index (κ2) is 8.12. The Kier molecular flexibility index (Phi) is 5.81. The van der Waals surface area contributed by atoms with Crippen LogP contribution in [0.3, 0.4) is 0 Å². The molecule has 0 spiro atoms. The number of hydrogen-bond acceptors (Lipinski definition) is 4. The third-order valence-corrected chi connectivity index (χ3v) is 4.79. The number of aromatic nitrogens is 2. The molecule has 0 radical (unpaired) electrons. The second-order valence-corrected chi connectivity index (χ2v) is 6.50. The van der Waals surface area contributed by atoms with Crippen LogP contribution in [-0.2, 0) is 25.6 Å². The maximum atomic E-state index is 13.3. The molecule has 0 aliphatic heterocycles. The lowest BCUT2D eigenvalue weighted by Gasteiger charge is -2.15. The molecule has 6 nitrogen and oxygen atoms in total. The molecule has 1 aromatic heterocycles. The van der Waals surface area contributed by atoms with Gasteiger partial charge in [-0.05, 0) is 37.8 Å². The summed E-state index contributed by atoms with van der Waals surface area (Å²) >= 11 is 0. The highest BCUT2D eigenvalue weighted by Gasteiger charge is 2.39. The van der Waals surface area contributed by atoms with Crippen LogP contribution < -0.4 is 14.8 Å².